The van der Waals surface area contributed by atoms with E-state index in [4.69, 9.17) is 0 Å². The summed E-state index contributed by atoms with van der Waals surface area (Å²) in [6.07, 6.45) is 2.62. The molecule has 0 spiro atoms. The van der Waals surface area contributed by atoms with Crippen molar-refractivity contribution in [3.05, 3.63) is 76.1 Å². The Morgan fingerprint density at radius 1 is 1.09 bits per heavy atom. The van der Waals surface area contributed by atoms with Crippen molar-refractivity contribution in [3.63, 3.8) is 0 Å². The highest BCUT2D eigenvalue weighted by atomic mass is 16.2. The van der Waals surface area contributed by atoms with Crippen molar-refractivity contribution in [3.8, 4) is 0 Å². The molecule has 1 aliphatic rings. The number of anilines is 1. The molecule has 114 valence electrons. The number of pyridine rings is 1. The molecule has 1 aliphatic heterocycles. The lowest BCUT2D eigenvalue weighted by Crippen LogP contribution is -2.31. The highest BCUT2D eigenvalue weighted by Crippen LogP contribution is 2.24. The molecule has 2 aromatic carbocycles. The van der Waals surface area contributed by atoms with Crippen LogP contribution < -0.4 is 10.3 Å². The molecule has 0 N–H and O–H groups in total. The molecule has 23 heavy (non-hydrogen) atoms. The van der Waals surface area contributed by atoms with E-state index < -0.39 is 0 Å². The van der Waals surface area contributed by atoms with Crippen LogP contribution in [-0.2, 0) is 13.0 Å². The Bertz CT molecular complexity index is 974. The fourth-order valence-corrected chi connectivity index (χ4v) is 3.26. The van der Waals surface area contributed by atoms with Gasteiger partial charge in [0.1, 0.15) is 5.56 Å². The van der Waals surface area contributed by atoms with Crippen LogP contribution in [0.25, 0.3) is 10.9 Å². The Balaban J connectivity index is 1.86. The zero-order chi connectivity index (χ0) is 16.0. The molecule has 0 bridgehead atoms. The summed E-state index contributed by atoms with van der Waals surface area (Å²) in [4.78, 5) is 27.1. The van der Waals surface area contributed by atoms with E-state index in [9.17, 15) is 9.59 Å². The van der Waals surface area contributed by atoms with E-state index in [-0.39, 0.29) is 16.9 Å². The van der Waals surface area contributed by atoms with E-state index in [2.05, 4.69) is 0 Å². The first kappa shape index (κ1) is 13.8. The molecule has 4 rings (SSSR count). The van der Waals surface area contributed by atoms with Gasteiger partial charge in [-0.05, 0) is 30.2 Å². The number of hydrogen-bond acceptors (Lipinski definition) is 2. The van der Waals surface area contributed by atoms with Crippen molar-refractivity contribution in [2.75, 3.05) is 11.9 Å². The van der Waals surface area contributed by atoms with E-state index in [1.807, 2.05) is 53.1 Å². The summed E-state index contributed by atoms with van der Waals surface area (Å²) in [5.74, 6) is -0.274. The predicted molar refractivity (Wildman–Crippen MR) is 91.1 cm³/mol. The van der Waals surface area contributed by atoms with Crippen molar-refractivity contribution >= 4 is 22.5 Å². The number of para-hydroxylation sites is 2. The van der Waals surface area contributed by atoms with Crippen LogP contribution in [0.4, 0.5) is 5.69 Å². The normalized spacial score (nSPS) is 12.6. The standard InChI is InChI=1S/C19H16N2O2/c1-20(14-7-3-2-4-8-14)19(23)16-12-21-11-10-13-6-5-9-15(17(13)21)18(16)22/h2-9,12H,10-11H2,1H3. The lowest BCUT2D eigenvalue weighted by Gasteiger charge is -2.18. The summed E-state index contributed by atoms with van der Waals surface area (Å²) in [5, 5.41) is 0.632. The van der Waals surface area contributed by atoms with Gasteiger partial charge in [-0.1, -0.05) is 30.3 Å². The smallest absolute Gasteiger partial charge is 0.263 e. The molecule has 4 nitrogen and oxygen atoms in total. The first-order valence-electron chi connectivity index (χ1n) is 7.65. The molecule has 0 fully saturated rings. The van der Waals surface area contributed by atoms with Crippen LogP contribution in [0.3, 0.4) is 0 Å². The maximum absolute atomic E-state index is 12.8. The molecule has 0 saturated carbocycles. The van der Waals surface area contributed by atoms with Gasteiger partial charge < -0.3 is 9.47 Å². The predicted octanol–water partition coefficient (Wildman–Crippen LogP) is 2.83. The quantitative estimate of drug-likeness (QED) is 0.730. The van der Waals surface area contributed by atoms with Crippen LogP contribution in [0.5, 0.6) is 0 Å². The lowest BCUT2D eigenvalue weighted by atomic mass is 10.1. The molecule has 4 heteroatoms. The summed E-state index contributed by atoms with van der Waals surface area (Å²) >= 11 is 0. The Morgan fingerprint density at radius 2 is 1.87 bits per heavy atom. The molecular weight excluding hydrogens is 288 g/mol. The first-order valence-corrected chi connectivity index (χ1v) is 7.65. The highest BCUT2D eigenvalue weighted by Gasteiger charge is 2.22. The lowest BCUT2D eigenvalue weighted by molar-refractivity contribution is 0.0991. The van der Waals surface area contributed by atoms with Crippen LogP contribution in [-0.4, -0.2) is 17.5 Å². The topological polar surface area (TPSA) is 42.3 Å². The minimum atomic E-state index is -0.274. The van der Waals surface area contributed by atoms with E-state index in [0.29, 0.717) is 5.39 Å². The summed E-state index contributed by atoms with van der Waals surface area (Å²) in [6, 6.07) is 15.1. The number of hydrogen-bond donors (Lipinski definition) is 0. The van der Waals surface area contributed by atoms with Gasteiger partial charge in [0, 0.05) is 30.9 Å². The second-order valence-electron chi connectivity index (χ2n) is 5.83. The Morgan fingerprint density at radius 3 is 2.65 bits per heavy atom. The van der Waals surface area contributed by atoms with Gasteiger partial charge in [0.25, 0.3) is 5.91 Å². The number of aryl methyl sites for hydroxylation is 2. The Hall–Kier alpha value is -2.88. The third-order valence-corrected chi connectivity index (χ3v) is 4.48. The minimum absolute atomic E-state index is 0.187. The average molecular weight is 304 g/mol. The van der Waals surface area contributed by atoms with Crippen molar-refractivity contribution < 1.29 is 4.79 Å². The summed E-state index contributed by atoms with van der Waals surface area (Å²) in [5.41, 5.74) is 2.95. The van der Waals surface area contributed by atoms with Crippen LogP contribution in [0.1, 0.15) is 15.9 Å². The van der Waals surface area contributed by atoms with Gasteiger partial charge in [0.15, 0.2) is 0 Å². The van der Waals surface area contributed by atoms with Crippen molar-refractivity contribution in [2.45, 2.75) is 13.0 Å². The number of benzene rings is 2. The van der Waals surface area contributed by atoms with Crippen molar-refractivity contribution in [1.29, 1.82) is 0 Å². The molecule has 0 radical (unpaired) electrons. The highest BCUT2D eigenvalue weighted by molar-refractivity contribution is 6.07. The van der Waals surface area contributed by atoms with Gasteiger partial charge in [-0.2, -0.15) is 0 Å². The number of nitrogens with zero attached hydrogens (tertiary/aromatic N) is 2. The fraction of sp³-hybridized carbons (Fsp3) is 0.158. The van der Waals surface area contributed by atoms with Crippen molar-refractivity contribution in [1.82, 2.24) is 4.57 Å². The van der Waals surface area contributed by atoms with E-state index in [1.165, 1.54) is 10.5 Å². The third-order valence-electron chi connectivity index (χ3n) is 4.48. The zero-order valence-corrected chi connectivity index (χ0v) is 12.8. The Kier molecular flexibility index (Phi) is 3.05. The van der Waals surface area contributed by atoms with Crippen LogP contribution in [0, 0.1) is 0 Å². The SMILES string of the molecule is CN(C(=O)c1cn2c3c(cccc3c1=O)CC2)c1ccccc1. The maximum Gasteiger partial charge on any atom is 0.263 e. The van der Waals surface area contributed by atoms with Gasteiger partial charge in [0.2, 0.25) is 5.43 Å². The fourth-order valence-electron chi connectivity index (χ4n) is 3.26. The van der Waals surface area contributed by atoms with E-state index >= 15 is 0 Å². The molecule has 0 unspecified atom stereocenters. The zero-order valence-electron chi connectivity index (χ0n) is 12.8. The molecule has 0 saturated heterocycles. The van der Waals surface area contributed by atoms with Gasteiger partial charge in [0.05, 0.1) is 5.52 Å². The van der Waals surface area contributed by atoms with Gasteiger partial charge in [-0.25, -0.2) is 0 Å². The molecule has 0 aliphatic carbocycles. The van der Waals surface area contributed by atoms with Gasteiger partial charge >= 0.3 is 0 Å². The number of amides is 1. The van der Waals surface area contributed by atoms with Crippen molar-refractivity contribution in [2.24, 2.45) is 0 Å². The largest absolute Gasteiger partial charge is 0.346 e. The molecule has 3 aromatic rings. The minimum Gasteiger partial charge on any atom is -0.346 e. The second-order valence-corrected chi connectivity index (χ2v) is 5.83. The Labute approximate surface area is 133 Å². The number of rotatable bonds is 2. The van der Waals surface area contributed by atoms with Crippen LogP contribution in [0.15, 0.2) is 59.5 Å². The molecule has 0 atom stereocenters. The molecular formula is C19H16N2O2. The van der Waals surface area contributed by atoms with E-state index in [1.54, 1.807) is 13.2 Å². The molecule has 2 heterocycles. The summed E-state index contributed by atoms with van der Waals surface area (Å²) < 4.78 is 2.03. The number of aromatic nitrogens is 1. The van der Waals surface area contributed by atoms with Crippen LogP contribution >= 0.6 is 0 Å². The third kappa shape index (κ3) is 2.06. The van der Waals surface area contributed by atoms with Crippen LogP contribution in [0.2, 0.25) is 0 Å². The average Bonchev–Trinajstić information content (AvgIpc) is 3.01. The first-order chi connectivity index (χ1) is 11.2. The summed E-state index contributed by atoms with van der Waals surface area (Å²) in [6.45, 7) is 0.811. The molecule has 1 aromatic heterocycles. The molecule has 1 amide bonds. The van der Waals surface area contributed by atoms with Gasteiger partial charge in [-0.15, -0.1) is 0 Å². The maximum atomic E-state index is 12.8. The number of carbonyl (C=O) groups is 1. The summed E-state index contributed by atoms with van der Waals surface area (Å²) in [7, 11) is 1.70. The number of carbonyl (C=O) groups excluding carboxylic acids is 1. The monoisotopic (exact) mass is 304 g/mol. The van der Waals surface area contributed by atoms with E-state index in [0.717, 1.165) is 24.2 Å². The van der Waals surface area contributed by atoms with Gasteiger partial charge in [-0.3, -0.25) is 9.59 Å². The second kappa shape index (κ2) is 5.09.